The van der Waals surface area contributed by atoms with Gasteiger partial charge in [0.2, 0.25) is 15.8 Å². The number of hydrogen-bond donors (Lipinski definition) is 1. The van der Waals surface area contributed by atoms with E-state index >= 15 is 0 Å². The number of hydrogen-bond acceptors (Lipinski definition) is 4. The summed E-state index contributed by atoms with van der Waals surface area (Å²) >= 11 is 0. The molecule has 15 heteroatoms. The number of primary sulfonamides is 1. The largest absolute Gasteiger partial charge is 0.573 e. The minimum Gasteiger partial charge on any atom is -0.402 e. The number of aryl methyl sites for hydroxylation is 1. The summed E-state index contributed by atoms with van der Waals surface area (Å²) in [7, 11) is -4.74. The number of nitrogens with two attached hydrogens (primary N) is 1. The average molecular weight is 487 g/mol. The Bertz CT molecular complexity index is 1340. The molecule has 0 radical (unpaired) electrons. The van der Waals surface area contributed by atoms with Gasteiger partial charge in [0, 0.05) is 5.56 Å². The maximum Gasteiger partial charge on any atom is 0.573 e. The van der Waals surface area contributed by atoms with E-state index in [1.54, 1.807) is 0 Å². The van der Waals surface area contributed by atoms with Crippen molar-refractivity contribution >= 4 is 10.0 Å². The van der Waals surface area contributed by atoms with Crippen LogP contribution in [0.3, 0.4) is 0 Å². The van der Waals surface area contributed by atoms with Gasteiger partial charge in [0.05, 0.1) is 0 Å². The van der Waals surface area contributed by atoms with E-state index in [1.165, 1.54) is 0 Å². The summed E-state index contributed by atoms with van der Waals surface area (Å²) in [5, 5.41) is 7.72. The SMILES string of the molecule is Cc1ccc(-n2nc(F)c(F)c2-c2cc(F)c(S(N)(=O)=O)cc2F)c(F)c1OC(F)(F)F. The van der Waals surface area contributed by atoms with Gasteiger partial charge in [0.15, 0.2) is 11.6 Å². The van der Waals surface area contributed by atoms with Crippen LogP contribution in [0.1, 0.15) is 5.56 Å². The fourth-order valence-electron chi connectivity index (χ4n) is 2.75. The van der Waals surface area contributed by atoms with Gasteiger partial charge in [0.25, 0.3) is 5.95 Å². The molecule has 0 fully saturated rings. The number of benzene rings is 2. The zero-order valence-electron chi connectivity index (χ0n) is 15.4. The number of halogens is 8. The first kappa shape index (κ1) is 23.5. The summed E-state index contributed by atoms with van der Waals surface area (Å²) in [4.78, 5) is -1.31. The summed E-state index contributed by atoms with van der Waals surface area (Å²) in [6.45, 7) is 1.04. The molecule has 0 saturated carbocycles. The van der Waals surface area contributed by atoms with Gasteiger partial charge in [-0.2, -0.15) is 8.78 Å². The van der Waals surface area contributed by atoms with E-state index in [4.69, 9.17) is 5.14 Å². The lowest BCUT2D eigenvalue weighted by Gasteiger charge is -2.16. The van der Waals surface area contributed by atoms with Crippen molar-refractivity contribution in [2.75, 3.05) is 0 Å². The molecule has 0 aliphatic rings. The molecule has 32 heavy (non-hydrogen) atoms. The summed E-state index contributed by atoms with van der Waals surface area (Å²) in [5.74, 6) is -10.3. The standard InChI is InChI=1S/C17H9F8N3O3S/c1-6-2-3-10(12(20)15(6)31-17(23,24)25)28-14(13(21)16(22)27-28)7-4-9(19)11(5-8(7)18)32(26,29)30/h2-5H,1H3,(H2,26,29,30). The topological polar surface area (TPSA) is 87.2 Å². The van der Waals surface area contributed by atoms with E-state index in [0.29, 0.717) is 0 Å². The minimum atomic E-state index is -5.33. The van der Waals surface area contributed by atoms with E-state index in [1.807, 2.05) is 0 Å². The van der Waals surface area contributed by atoms with Crippen LogP contribution < -0.4 is 9.88 Å². The molecule has 3 aromatic rings. The molecule has 172 valence electrons. The van der Waals surface area contributed by atoms with Crippen LogP contribution in [-0.2, 0) is 10.0 Å². The molecular formula is C17H9F8N3O3S. The number of alkyl halides is 3. The average Bonchev–Trinajstić information content (AvgIpc) is 2.93. The van der Waals surface area contributed by atoms with Crippen molar-refractivity contribution < 1.29 is 48.3 Å². The molecule has 1 heterocycles. The molecule has 0 bridgehead atoms. The normalized spacial score (nSPS) is 12.3. The highest BCUT2D eigenvalue weighted by Crippen LogP contribution is 2.36. The van der Waals surface area contributed by atoms with Gasteiger partial charge in [-0.05, 0) is 30.7 Å². The van der Waals surface area contributed by atoms with Crippen molar-refractivity contribution in [2.24, 2.45) is 5.14 Å². The Hall–Kier alpha value is -3.20. The third kappa shape index (κ3) is 4.25. The lowest BCUT2D eigenvalue weighted by Crippen LogP contribution is -2.19. The van der Waals surface area contributed by atoms with Crippen LogP contribution in [0, 0.1) is 36.1 Å². The van der Waals surface area contributed by atoms with E-state index in [-0.39, 0.29) is 22.4 Å². The van der Waals surface area contributed by atoms with E-state index in [2.05, 4.69) is 9.84 Å². The van der Waals surface area contributed by atoms with E-state index < -0.39 is 73.2 Å². The van der Waals surface area contributed by atoms with Crippen LogP contribution in [0.25, 0.3) is 16.9 Å². The molecular weight excluding hydrogens is 478 g/mol. The van der Waals surface area contributed by atoms with Crippen molar-refractivity contribution in [3.63, 3.8) is 0 Å². The molecule has 1 aromatic heterocycles. The van der Waals surface area contributed by atoms with Crippen molar-refractivity contribution in [1.82, 2.24) is 9.78 Å². The molecule has 3 rings (SSSR count). The first-order valence-electron chi connectivity index (χ1n) is 8.13. The lowest BCUT2D eigenvalue weighted by molar-refractivity contribution is -0.275. The fourth-order valence-corrected chi connectivity index (χ4v) is 3.35. The van der Waals surface area contributed by atoms with Crippen molar-refractivity contribution in [2.45, 2.75) is 18.2 Å². The number of rotatable bonds is 4. The number of sulfonamides is 1. The number of ether oxygens (including phenoxy) is 1. The Labute approximate surface area is 173 Å². The molecule has 0 saturated heterocycles. The van der Waals surface area contributed by atoms with Crippen molar-refractivity contribution in [3.8, 4) is 22.7 Å². The van der Waals surface area contributed by atoms with Gasteiger partial charge >= 0.3 is 6.36 Å². The maximum atomic E-state index is 14.8. The first-order valence-corrected chi connectivity index (χ1v) is 9.68. The second-order valence-electron chi connectivity index (χ2n) is 6.27. The highest BCUT2D eigenvalue weighted by molar-refractivity contribution is 7.89. The molecule has 0 aliphatic heterocycles. The van der Waals surface area contributed by atoms with Gasteiger partial charge in [-0.3, -0.25) is 0 Å². The lowest BCUT2D eigenvalue weighted by atomic mass is 10.1. The molecule has 2 aromatic carbocycles. The number of nitrogens with zero attached hydrogens (tertiary/aromatic N) is 2. The zero-order valence-corrected chi connectivity index (χ0v) is 16.3. The van der Waals surface area contributed by atoms with Gasteiger partial charge in [-0.25, -0.2) is 31.4 Å². The van der Waals surface area contributed by atoms with Crippen molar-refractivity contribution in [1.29, 1.82) is 0 Å². The van der Waals surface area contributed by atoms with Gasteiger partial charge in [0.1, 0.15) is 27.9 Å². The minimum absolute atomic E-state index is 0.0388. The molecule has 0 amide bonds. The van der Waals surface area contributed by atoms with Crippen LogP contribution in [0.4, 0.5) is 35.1 Å². The van der Waals surface area contributed by atoms with Gasteiger partial charge in [-0.1, -0.05) is 6.07 Å². The monoisotopic (exact) mass is 487 g/mol. The van der Waals surface area contributed by atoms with E-state index in [9.17, 15) is 43.5 Å². The molecule has 0 unspecified atom stereocenters. The molecule has 2 N–H and O–H groups in total. The van der Waals surface area contributed by atoms with E-state index in [0.717, 1.165) is 19.1 Å². The summed E-state index contributed by atoms with van der Waals surface area (Å²) in [6, 6.07) is 1.85. The van der Waals surface area contributed by atoms with Crippen LogP contribution >= 0.6 is 0 Å². The zero-order chi connectivity index (χ0) is 24.2. The second kappa shape index (κ2) is 7.74. The Balaban J connectivity index is 2.30. The third-order valence-corrected chi connectivity index (χ3v) is 5.02. The molecule has 0 spiro atoms. The van der Waals surface area contributed by atoms with Crippen LogP contribution in [-0.4, -0.2) is 24.6 Å². The van der Waals surface area contributed by atoms with Gasteiger partial charge in [-0.15, -0.1) is 18.3 Å². The van der Waals surface area contributed by atoms with Crippen LogP contribution in [0.5, 0.6) is 5.75 Å². The molecule has 6 nitrogen and oxygen atoms in total. The Morgan fingerprint density at radius 2 is 1.62 bits per heavy atom. The Morgan fingerprint density at radius 1 is 1.00 bits per heavy atom. The first-order chi connectivity index (χ1) is 14.6. The summed E-state index contributed by atoms with van der Waals surface area (Å²) < 4.78 is 136. The quantitative estimate of drug-likeness (QED) is 0.562. The van der Waals surface area contributed by atoms with Crippen LogP contribution in [0.2, 0.25) is 0 Å². The highest BCUT2D eigenvalue weighted by Gasteiger charge is 2.35. The maximum absolute atomic E-state index is 14.8. The Kier molecular flexibility index (Phi) is 5.67. The third-order valence-electron chi connectivity index (χ3n) is 4.09. The predicted octanol–water partition coefficient (Wildman–Crippen LogP) is 4.09. The summed E-state index contributed by atoms with van der Waals surface area (Å²) in [5.41, 5.74) is -3.74. The van der Waals surface area contributed by atoms with Crippen molar-refractivity contribution in [3.05, 3.63) is 59.0 Å². The summed E-state index contributed by atoms with van der Waals surface area (Å²) in [6.07, 6.45) is -5.33. The smallest absolute Gasteiger partial charge is 0.402 e. The molecule has 0 aliphatic carbocycles. The number of aromatic nitrogens is 2. The fraction of sp³-hybridized carbons (Fsp3) is 0.118. The Morgan fingerprint density at radius 3 is 2.19 bits per heavy atom. The molecule has 0 atom stereocenters. The predicted molar refractivity (Wildman–Crippen MR) is 91.6 cm³/mol. The second-order valence-corrected chi connectivity index (χ2v) is 7.80. The highest BCUT2D eigenvalue weighted by atomic mass is 32.2. The van der Waals surface area contributed by atoms with Crippen LogP contribution in [0.15, 0.2) is 29.2 Å². The van der Waals surface area contributed by atoms with Gasteiger partial charge < -0.3 is 4.74 Å².